The van der Waals surface area contributed by atoms with Crippen LogP contribution in [0.15, 0.2) is 36.4 Å². The molecule has 1 aliphatic rings. The number of benzene rings is 2. The van der Waals surface area contributed by atoms with Gasteiger partial charge in [0.05, 0.1) is 25.8 Å². The fourth-order valence-corrected chi connectivity index (χ4v) is 4.70. The summed E-state index contributed by atoms with van der Waals surface area (Å²) in [6, 6.07) is 11.8. The fraction of sp³-hybridized carbons (Fsp3) is 0.455. The summed E-state index contributed by atoms with van der Waals surface area (Å²) in [6.07, 6.45) is 2.86. The number of hydrogen-bond acceptors (Lipinski definition) is 4. The summed E-state index contributed by atoms with van der Waals surface area (Å²) in [4.78, 5) is 2.38. The van der Waals surface area contributed by atoms with Gasteiger partial charge >= 0.3 is 0 Å². The first-order valence-electron chi connectivity index (χ1n) is 9.47. The molecule has 0 amide bonds. The molecule has 1 saturated heterocycles. The largest absolute Gasteiger partial charge is 0.493 e. The minimum Gasteiger partial charge on any atom is -0.493 e. The van der Waals surface area contributed by atoms with Crippen molar-refractivity contribution in [2.75, 3.05) is 33.9 Å². The molecule has 1 heterocycles. The van der Waals surface area contributed by atoms with E-state index in [1.807, 2.05) is 30.3 Å². The second-order valence-corrected chi connectivity index (χ2v) is 8.44. The zero-order valence-electron chi connectivity index (χ0n) is 16.4. The van der Waals surface area contributed by atoms with E-state index in [0.717, 1.165) is 55.0 Å². The van der Waals surface area contributed by atoms with Crippen LogP contribution in [0.1, 0.15) is 24.0 Å². The van der Waals surface area contributed by atoms with Crippen LogP contribution in [0.3, 0.4) is 0 Å². The third kappa shape index (κ3) is 4.93. The molecule has 152 valence electrons. The van der Waals surface area contributed by atoms with Gasteiger partial charge in [0.1, 0.15) is 0 Å². The smallest absolute Gasteiger partial charge is 0.179 e. The zero-order chi connectivity index (χ0) is 20.1. The Morgan fingerprint density at radius 2 is 1.93 bits per heavy atom. The summed E-state index contributed by atoms with van der Waals surface area (Å²) in [5.74, 6) is 1.19. The van der Waals surface area contributed by atoms with Crippen molar-refractivity contribution >= 4 is 23.2 Å². The standard InChI is InChI=1S/C22H27Cl2NO3/c1-27-20-11-17(10-19(24)21(20)28-2)13-25-8-4-7-22(14-25,15-26)12-16-5-3-6-18(23)9-16/h3,5-6,9-11,26H,4,7-8,12-15H2,1-2H3/t22-/m1/s1. The molecular formula is C22H27Cl2NO3. The van der Waals surface area contributed by atoms with Crippen LogP contribution < -0.4 is 9.47 Å². The topological polar surface area (TPSA) is 41.9 Å². The molecule has 1 N–H and O–H groups in total. The number of aliphatic hydroxyl groups excluding tert-OH is 1. The molecule has 3 rings (SSSR count). The van der Waals surface area contributed by atoms with E-state index in [1.165, 1.54) is 0 Å². The minimum absolute atomic E-state index is 0.155. The molecule has 0 bridgehead atoms. The number of methoxy groups -OCH3 is 2. The molecule has 0 spiro atoms. The van der Waals surface area contributed by atoms with E-state index in [4.69, 9.17) is 32.7 Å². The lowest BCUT2D eigenvalue weighted by Gasteiger charge is -2.42. The van der Waals surface area contributed by atoms with Gasteiger partial charge in [-0.05, 0) is 61.2 Å². The van der Waals surface area contributed by atoms with E-state index in [2.05, 4.69) is 11.0 Å². The molecule has 1 fully saturated rings. The molecule has 0 saturated carbocycles. The molecule has 0 aromatic heterocycles. The van der Waals surface area contributed by atoms with Crippen molar-refractivity contribution in [3.63, 3.8) is 0 Å². The Balaban J connectivity index is 1.76. The van der Waals surface area contributed by atoms with Crippen molar-refractivity contribution < 1.29 is 14.6 Å². The van der Waals surface area contributed by atoms with E-state index >= 15 is 0 Å². The number of piperidine rings is 1. The van der Waals surface area contributed by atoms with Gasteiger partial charge in [-0.15, -0.1) is 0 Å². The number of hydrogen-bond donors (Lipinski definition) is 1. The molecule has 1 aliphatic heterocycles. The van der Waals surface area contributed by atoms with Crippen molar-refractivity contribution in [3.8, 4) is 11.5 Å². The maximum absolute atomic E-state index is 10.2. The SMILES string of the molecule is COc1cc(CN2CCC[C@@](CO)(Cc3cccc(Cl)c3)C2)cc(Cl)c1OC. The van der Waals surface area contributed by atoms with E-state index in [1.54, 1.807) is 14.2 Å². The van der Waals surface area contributed by atoms with E-state index in [-0.39, 0.29) is 12.0 Å². The second-order valence-electron chi connectivity index (χ2n) is 7.59. The van der Waals surface area contributed by atoms with E-state index in [0.29, 0.717) is 16.5 Å². The van der Waals surface area contributed by atoms with Gasteiger partial charge in [-0.1, -0.05) is 35.3 Å². The van der Waals surface area contributed by atoms with Crippen LogP contribution in [-0.4, -0.2) is 43.9 Å². The van der Waals surface area contributed by atoms with Crippen LogP contribution in [0, 0.1) is 5.41 Å². The highest BCUT2D eigenvalue weighted by Crippen LogP contribution is 2.38. The maximum Gasteiger partial charge on any atom is 0.179 e. The summed E-state index contributed by atoms with van der Waals surface area (Å²) in [5.41, 5.74) is 2.07. The average molecular weight is 424 g/mol. The summed E-state index contributed by atoms with van der Waals surface area (Å²) in [7, 11) is 3.19. The number of ether oxygens (including phenoxy) is 2. The van der Waals surface area contributed by atoms with Gasteiger partial charge in [0, 0.05) is 23.5 Å². The van der Waals surface area contributed by atoms with Crippen LogP contribution in [0.5, 0.6) is 11.5 Å². The lowest BCUT2D eigenvalue weighted by atomic mass is 9.75. The molecule has 28 heavy (non-hydrogen) atoms. The monoisotopic (exact) mass is 423 g/mol. The minimum atomic E-state index is -0.163. The fourth-order valence-electron chi connectivity index (χ4n) is 4.18. The summed E-state index contributed by atoms with van der Waals surface area (Å²) in [5, 5.41) is 11.5. The number of nitrogens with zero attached hydrogens (tertiary/aromatic N) is 1. The normalized spacial score (nSPS) is 20.2. The van der Waals surface area contributed by atoms with Crippen molar-refractivity contribution in [2.24, 2.45) is 5.41 Å². The van der Waals surface area contributed by atoms with Crippen LogP contribution in [0.4, 0.5) is 0 Å². The van der Waals surface area contributed by atoms with Gasteiger partial charge in [-0.25, -0.2) is 0 Å². The first-order valence-corrected chi connectivity index (χ1v) is 10.2. The number of likely N-dealkylation sites (tertiary alicyclic amines) is 1. The summed E-state index contributed by atoms with van der Waals surface area (Å²) >= 11 is 12.5. The summed E-state index contributed by atoms with van der Waals surface area (Å²) < 4.78 is 10.7. The Morgan fingerprint density at radius 3 is 2.61 bits per heavy atom. The molecule has 6 heteroatoms. The predicted molar refractivity (Wildman–Crippen MR) is 114 cm³/mol. The zero-order valence-corrected chi connectivity index (χ0v) is 17.9. The first-order chi connectivity index (χ1) is 13.5. The Morgan fingerprint density at radius 1 is 1.11 bits per heavy atom. The molecule has 2 aromatic rings. The Kier molecular flexibility index (Phi) is 7.10. The van der Waals surface area contributed by atoms with Gasteiger partial charge in [0.25, 0.3) is 0 Å². The van der Waals surface area contributed by atoms with Crippen molar-refractivity contribution in [1.82, 2.24) is 4.90 Å². The Hall–Kier alpha value is -1.46. The molecular weight excluding hydrogens is 397 g/mol. The highest BCUT2D eigenvalue weighted by atomic mass is 35.5. The first kappa shape index (κ1) is 21.3. The maximum atomic E-state index is 10.2. The van der Waals surface area contributed by atoms with Crippen LogP contribution in [-0.2, 0) is 13.0 Å². The average Bonchev–Trinajstić information content (AvgIpc) is 2.67. The van der Waals surface area contributed by atoms with Crippen molar-refractivity contribution in [2.45, 2.75) is 25.8 Å². The van der Waals surface area contributed by atoms with Gasteiger partial charge in [-0.2, -0.15) is 0 Å². The van der Waals surface area contributed by atoms with Gasteiger partial charge in [-0.3, -0.25) is 4.90 Å². The molecule has 0 aliphatic carbocycles. The third-order valence-corrected chi connectivity index (χ3v) is 5.96. The van der Waals surface area contributed by atoms with E-state index < -0.39 is 0 Å². The van der Waals surface area contributed by atoms with E-state index in [9.17, 15) is 5.11 Å². The van der Waals surface area contributed by atoms with Crippen molar-refractivity contribution in [1.29, 1.82) is 0 Å². The highest BCUT2D eigenvalue weighted by Gasteiger charge is 2.35. The third-order valence-electron chi connectivity index (χ3n) is 5.44. The Bertz CT molecular complexity index is 814. The molecule has 4 nitrogen and oxygen atoms in total. The van der Waals surface area contributed by atoms with Crippen LogP contribution >= 0.6 is 23.2 Å². The molecule has 2 aromatic carbocycles. The number of halogens is 2. The number of aliphatic hydroxyl groups is 1. The van der Waals surface area contributed by atoms with Gasteiger partial charge < -0.3 is 14.6 Å². The van der Waals surface area contributed by atoms with Gasteiger partial charge in [0.15, 0.2) is 11.5 Å². The molecule has 0 radical (unpaired) electrons. The Labute approximate surface area is 177 Å². The van der Waals surface area contributed by atoms with Crippen molar-refractivity contribution in [3.05, 3.63) is 57.6 Å². The summed E-state index contributed by atoms with van der Waals surface area (Å²) in [6.45, 7) is 2.71. The predicted octanol–water partition coefficient (Wildman–Crippen LogP) is 4.83. The van der Waals surface area contributed by atoms with Crippen LogP contribution in [0.25, 0.3) is 0 Å². The lowest BCUT2D eigenvalue weighted by molar-refractivity contribution is 0.0288. The number of rotatable bonds is 7. The second kappa shape index (κ2) is 9.36. The lowest BCUT2D eigenvalue weighted by Crippen LogP contribution is -2.46. The molecule has 0 unspecified atom stereocenters. The van der Waals surface area contributed by atoms with Crippen LogP contribution in [0.2, 0.25) is 10.0 Å². The quantitative estimate of drug-likeness (QED) is 0.692. The highest BCUT2D eigenvalue weighted by molar-refractivity contribution is 6.32. The molecule has 1 atom stereocenters. The van der Waals surface area contributed by atoms with Gasteiger partial charge in [0.2, 0.25) is 0 Å².